The molecule has 1 aliphatic rings. The van der Waals surface area contributed by atoms with Gasteiger partial charge in [0.1, 0.15) is 11.8 Å². The maximum atomic E-state index is 13.5. The van der Waals surface area contributed by atoms with Gasteiger partial charge in [0.05, 0.1) is 22.1 Å². The van der Waals surface area contributed by atoms with Gasteiger partial charge in [-0.1, -0.05) is 41.6 Å². The summed E-state index contributed by atoms with van der Waals surface area (Å²) in [6, 6.07) is 14.6. The van der Waals surface area contributed by atoms with E-state index in [0.717, 1.165) is 16.2 Å². The molecule has 0 bridgehead atoms. The van der Waals surface area contributed by atoms with E-state index >= 15 is 0 Å². The number of amides is 1. The first-order chi connectivity index (χ1) is 16.0. The largest absolute Gasteiger partial charge is 0.467 e. The number of nitrogens with two attached hydrogens (primary N) is 1. The fraction of sp³-hybridized carbons (Fsp3) is 0.182. The van der Waals surface area contributed by atoms with Crippen molar-refractivity contribution >= 4 is 46.3 Å². The first-order valence-electron chi connectivity index (χ1n) is 10.1. The Balaban J connectivity index is 1.39. The Hall–Kier alpha value is -3.08. The van der Waals surface area contributed by atoms with E-state index in [1.54, 1.807) is 12.3 Å². The molecule has 2 unspecified atom stereocenters. The molecule has 1 amide bonds. The minimum Gasteiger partial charge on any atom is -0.467 e. The molecule has 0 radical (unpaired) electrons. The van der Waals surface area contributed by atoms with Gasteiger partial charge in [-0.3, -0.25) is 4.79 Å². The summed E-state index contributed by atoms with van der Waals surface area (Å²) in [6.07, 6.45) is 2.13. The fourth-order valence-electron chi connectivity index (χ4n) is 3.56. The maximum Gasteiger partial charge on any atom is 0.256 e. The molecule has 0 fully saturated rings. The van der Waals surface area contributed by atoms with Crippen LogP contribution in [0.2, 0.25) is 5.02 Å². The molecule has 2 N–H and O–H groups in total. The van der Waals surface area contributed by atoms with E-state index in [4.69, 9.17) is 21.9 Å². The molecule has 4 aromatic rings. The van der Waals surface area contributed by atoms with Gasteiger partial charge in [0, 0.05) is 11.4 Å². The Kier molecular flexibility index (Phi) is 5.96. The third-order valence-corrected chi connectivity index (χ3v) is 7.38. The number of hydrazone groups is 1. The van der Waals surface area contributed by atoms with Crippen molar-refractivity contribution in [3.05, 3.63) is 76.5 Å². The van der Waals surface area contributed by atoms with Gasteiger partial charge in [0.25, 0.3) is 5.91 Å². The van der Waals surface area contributed by atoms with Crippen molar-refractivity contribution in [1.82, 2.24) is 19.9 Å². The van der Waals surface area contributed by atoms with E-state index in [-0.39, 0.29) is 11.9 Å². The highest BCUT2D eigenvalue weighted by atomic mass is 35.5. The van der Waals surface area contributed by atoms with Crippen molar-refractivity contribution < 1.29 is 9.21 Å². The summed E-state index contributed by atoms with van der Waals surface area (Å²) in [5, 5.41) is 17.1. The Morgan fingerprint density at radius 2 is 2.06 bits per heavy atom. The number of thioether (sulfide) groups is 1. The average molecular weight is 499 g/mol. The van der Waals surface area contributed by atoms with Crippen LogP contribution in [0.4, 0.5) is 0 Å². The number of benzene rings is 1. The lowest BCUT2D eigenvalue weighted by molar-refractivity contribution is -0.132. The number of aromatic nitrogens is 3. The summed E-state index contributed by atoms with van der Waals surface area (Å²) in [5.74, 6) is 7.27. The summed E-state index contributed by atoms with van der Waals surface area (Å²) in [7, 11) is 0. The van der Waals surface area contributed by atoms with Crippen LogP contribution in [-0.4, -0.2) is 36.8 Å². The second-order valence-electron chi connectivity index (χ2n) is 7.39. The number of carbonyl (C=O) groups is 1. The molecule has 0 saturated carbocycles. The number of thiophene rings is 1. The monoisotopic (exact) mass is 498 g/mol. The lowest BCUT2D eigenvalue weighted by atomic mass is 10.0. The topological polar surface area (TPSA) is 103 Å². The number of rotatable bonds is 6. The van der Waals surface area contributed by atoms with Gasteiger partial charge in [0.15, 0.2) is 5.82 Å². The molecular weight excluding hydrogens is 480 g/mol. The number of furan rings is 1. The molecule has 11 heteroatoms. The molecule has 1 aliphatic heterocycles. The van der Waals surface area contributed by atoms with Crippen LogP contribution in [0.25, 0.3) is 10.7 Å². The second-order valence-corrected chi connectivity index (χ2v) is 10.1. The molecule has 3 aromatic heterocycles. The van der Waals surface area contributed by atoms with Crippen LogP contribution in [0.1, 0.15) is 30.7 Å². The zero-order valence-electron chi connectivity index (χ0n) is 17.5. The molecule has 1 aromatic carbocycles. The van der Waals surface area contributed by atoms with Crippen molar-refractivity contribution in [1.29, 1.82) is 0 Å². The second kappa shape index (κ2) is 9.05. The van der Waals surface area contributed by atoms with Gasteiger partial charge in [-0.15, -0.1) is 21.5 Å². The van der Waals surface area contributed by atoms with Gasteiger partial charge in [-0.2, -0.15) is 5.10 Å². The number of nitrogen functional groups attached to an aromatic ring is 1. The molecule has 8 nitrogen and oxygen atoms in total. The van der Waals surface area contributed by atoms with Gasteiger partial charge in [-0.25, -0.2) is 9.69 Å². The van der Waals surface area contributed by atoms with Crippen LogP contribution in [0, 0.1) is 0 Å². The normalized spacial score (nSPS) is 16.7. The van der Waals surface area contributed by atoms with Gasteiger partial charge < -0.3 is 10.3 Å². The van der Waals surface area contributed by atoms with Gasteiger partial charge in [0.2, 0.25) is 5.16 Å². The van der Waals surface area contributed by atoms with E-state index in [2.05, 4.69) is 15.3 Å². The molecule has 33 heavy (non-hydrogen) atoms. The zero-order valence-corrected chi connectivity index (χ0v) is 19.8. The van der Waals surface area contributed by atoms with E-state index in [1.165, 1.54) is 32.8 Å². The minimum atomic E-state index is -0.501. The summed E-state index contributed by atoms with van der Waals surface area (Å²) < 4.78 is 7.04. The standard InChI is InChI=1S/C22H19ClN6O2S2/c1-13(33-22-26-25-20(28(22)24)19-5-3-11-32-19)21(30)29-17(18-4-2-10-31-18)12-16(27-29)14-6-8-15(23)9-7-14/h2-11,13,17H,12,24H2,1H3. The van der Waals surface area contributed by atoms with Crippen molar-refractivity contribution in [2.24, 2.45) is 5.10 Å². The van der Waals surface area contributed by atoms with Crippen molar-refractivity contribution in [3.63, 3.8) is 0 Å². The summed E-state index contributed by atoms with van der Waals surface area (Å²) in [4.78, 5) is 14.4. The van der Waals surface area contributed by atoms with Crippen LogP contribution < -0.4 is 5.84 Å². The SMILES string of the molecule is CC(Sc1nnc(-c2cccs2)n1N)C(=O)N1N=C(c2ccc(Cl)cc2)CC1c1ccco1. The summed E-state index contributed by atoms with van der Waals surface area (Å²) >= 11 is 8.79. The van der Waals surface area contributed by atoms with Gasteiger partial charge in [-0.05, 0) is 48.2 Å². The first-order valence-corrected chi connectivity index (χ1v) is 12.3. The molecule has 0 saturated heterocycles. The minimum absolute atomic E-state index is 0.175. The highest BCUT2D eigenvalue weighted by molar-refractivity contribution is 8.00. The predicted molar refractivity (Wildman–Crippen MR) is 130 cm³/mol. The molecular formula is C22H19ClN6O2S2. The molecule has 5 rings (SSSR count). The van der Waals surface area contributed by atoms with Crippen LogP contribution in [0.3, 0.4) is 0 Å². The van der Waals surface area contributed by atoms with Crippen molar-refractivity contribution in [2.45, 2.75) is 29.8 Å². The number of nitrogens with zero attached hydrogens (tertiary/aromatic N) is 5. The average Bonchev–Trinajstić information content (AvgIpc) is 3.61. The molecule has 2 atom stereocenters. The smallest absolute Gasteiger partial charge is 0.256 e. The van der Waals surface area contributed by atoms with Crippen molar-refractivity contribution in [2.75, 3.05) is 5.84 Å². The molecule has 0 spiro atoms. The molecule has 168 valence electrons. The Morgan fingerprint density at radius 1 is 1.24 bits per heavy atom. The lowest BCUT2D eigenvalue weighted by Gasteiger charge is -2.22. The summed E-state index contributed by atoms with van der Waals surface area (Å²) in [6.45, 7) is 1.81. The fourth-order valence-corrected chi connectivity index (χ4v) is 5.20. The third-order valence-electron chi connectivity index (χ3n) is 5.22. The number of carbonyl (C=O) groups excluding carboxylic acids is 1. The zero-order chi connectivity index (χ0) is 22.9. The Bertz CT molecular complexity index is 1290. The molecule has 4 heterocycles. The van der Waals surface area contributed by atoms with Crippen LogP contribution in [-0.2, 0) is 4.79 Å². The van der Waals surface area contributed by atoms with E-state index < -0.39 is 5.25 Å². The quantitative estimate of drug-likeness (QED) is 0.302. The first kappa shape index (κ1) is 21.7. The maximum absolute atomic E-state index is 13.5. The third kappa shape index (κ3) is 4.29. The number of hydrogen-bond acceptors (Lipinski definition) is 8. The number of hydrogen-bond donors (Lipinski definition) is 1. The Morgan fingerprint density at radius 3 is 2.76 bits per heavy atom. The van der Waals surface area contributed by atoms with Crippen LogP contribution in [0.15, 0.2) is 74.8 Å². The van der Waals surface area contributed by atoms with Crippen LogP contribution in [0.5, 0.6) is 0 Å². The lowest BCUT2D eigenvalue weighted by Crippen LogP contribution is -2.33. The summed E-state index contributed by atoms with van der Waals surface area (Å²) in [5.41, 5.74) is 1.70. The van der Waals surface area contributed by atoms with Crippen LogP contribution >= 0.6 is 34.7 Å². The van der Waals surface area contributed by atoms with E-state index in [0.29, 0.717) is 28.2 Å². The highest BCUT2D eigenvalue weighted by Crippen LogP contribution is 2.36. The number of halogens is 1. The van der Waals surface area contributed by atoms with Gasteiger partial charge >= 0.3 is 0 Å². The molecule has 0 aliphatic carbocycles. The predicted octanol–water partition coefficient (Wildman–Crippen LogP) is 4.83. The van der Waals surface area contributed by atoms with E-state index in [1.807, 2.05) is 54.8 Å². The van der Waals surface area contributed by atoms with Crippen molar-refractivity contribution in [3.8, 4) is 10.7 Å². The Labute approximate surface area is 203 Å². The van der Waals surface area contributed by atoms with E-state index in [9.17, 15) is 4.79 Å². The highest BCUT2D eigenvalue weighted by Gasteiger charge is 2.37.